The van der Waals surface area contributed by atoms with Crippen molar-refractivity contribution in [2.24, 2.45) is 0 Å². The first-order valence-electron chi connectivity index (χ1n) is 9.03. The molecule has 0 bridgehead atoms. The molecule has 0 fully saturated rings. The van der Waals surface area contributed by atoms with E-state index in [-0.39, 0.29) is 17.2 Å². The SMILES string of the molecule is C=CCn1c(CSc2ccccc2)nnc1SCC(=O)Nc1cccc(C(=O)O)c1. The number of carboxylic acids is 1. The van der Waals surface area contributed by atoms with Gasteiger partial charge in [-0.3, -0.25) is 4.79 Å². The lowest BCUT2D eigenvalue weighted by atomic mass is 10.2. The van der Waals surface area contributed by atoms with E-state index in [9.17, 15) is 9.59 Å². The van der Waals surface area contributed by atoms with Crippen LogP contribution in [0, 0.1) is 0 Å². The van der Waals surface area contributed by atoms with Crippen LogP contribution in [0.2, 0.25) is 0 Å². The van der Waals surface area contributed by atoms with Crippen molar-refractivity contribution in [3.05, 3.63) is 78.6 Å². The number of thioether (sulfide) groups is 2. The maximum absolute atomic E-state index is 12.3. The average Bonchev–Trinajstić information content (AvgIpc) is 3.13. The summed E-state index contributed by atoms with van der Waals surface area (Å²) < 4.78 is 1.94. The van der Waals surface area contributed by atoms with Gasteiger partial charge in [0.1, 0.15) is 5.82 Å². The van der Waals surface area contributed by atoms with E-state index < -0.39 is 5.97 Å². The number of carbonyl (C=O) groups excluding carboxylic acids is 1. The lowest BCUT2D eigenvalue weighted by Crippen LogP contribution is -2.15. The van der Waals surface area contributed by atoms with Crippen LogP contribution in [0.1, 0.15) is 16.2 Å². The second-order valence-corrected chi connectivity index (χ2v) is 8.11. The monoisotopic (exact) mass is 440 g/mol. The van der Waals surface area contributed by atoms with E-state index >= 15 is 0 Å². The number of hydrogen-bond acceptors (Lipinski definition) is 6. The molecule has 2 N–H and O–H groups in total. The van der Waals surface area contributed by atoms with Gasteiger partial charge in [-0.05, 0) is 30.3 Å². The standard InChI is InChI=1S/C21H20N4O3S2/c1-2-11-25-18(13-29-17-9-4-3-5-10-17)23-24-21(25)30-14-19(26)22-16-8-6-7-15(12-16)20(27)28/h2-10,12H,1,11,13-14H2,(H,22,26)(H,27,28). The Labute approximate surface area is 182 Å². The molecule has 3 aromatic rings. The van der Waals surface area contributed by atoms with Gasteiger partial charge in [-0.1, -0.05) is 42.1 Å². The average molecular weight is 441 g/mol. The molecule has 0 saturated heterocycles. The Kier molecular flexibility index (Phi) is 7.69. The summed E-state index contributed by atoms with van der Waals surface area (Å²) in [5, 5.41) is 20.9. The third-order valence-electron chi connectivity index (χ3n) is 3.94. The number of benzene rings is 2. The number of carbonyl (C=O) groups is 2. The van der Waals surface area contributed by atoms with Crippen LogP contribution in [0.4, 0.5) is 5.69 Å². The number of nitrogens with one attached hydrogen (secondary N) is 1. The molecule has 0 aliphatic rings. The first-order chi connectivity index (χ1) is 14.6. The third kappa shape index (κ3) is 5.98. The summed E-state index contributed by atoms with van der Waals surface area (Å²) in [5.41, 5.74) is 0.555. The van der Waals surface area contributed by atoms with Crippen molar-refractivity contribution in [2.45, 2.75) is 22.3 Å². The van der Waals surface area contributed by atoms with E-state index in [1.165, 1.54) is 23.9 Å². The van der Waals surface area contributed by atoms with Gasteiger partial charge in [0.05, 0.1) is 17.1 Å². The van der Waals surface area contributed by atoms with Crippen molar-refractivity contribution in [3.8, 4) is 0 Å². The summed E-state index contributed by atoms with van der Waals surface area (Å²) in [5.74, 6) is 0.286. The van der Waals surface area contributed by atoms with Gasteiger partial charge < -0.3 is 15.0 Å². The Hall–Kier alpha value is -3.04. The highest BCUT2D eigenvalue weighted by atomic mass is 32.2. The summed E-state index contributed by atoms with van der Waals surface area (Å²) in [6.45, 7) is 4.33. The molecular weight excluding hydrogens is 420 g/mol. The van der Waals surface area contributed by atoms with Gasteiger partial charge in [-0.2, -0.15) is 0 Å². The van der Waals surface area contributed by atoms with E-state index in [1.807, 2.05) is 34.9 Å². The highest BCUT2D eigenvalue weighted by molar-refractivity contribution is 7.99. The summed E-state index contributed by atoms with van der Waals surface area (Å²) in [7, 11) is 0. The number of carboxylic acid groups (broad SMARTS) is 1. The maximum atomic E-state index is 12.3. The number of allylic oxidation sites excluding steroid dienone is 1. The first-order valence-corrected chi connectivity index (χ1v) is 11.0. The summed E-state index contributed by atoms with van der Waals surface area (Å²) in [6, 6.07) is 16.2. The van der Waals surface area contributed by atoms with Crippen molar-refractivity contribution in [2.75, 3.05) is 11.1 Å². The van der Waals surface area contributed by atoms with E-state index in [0.717, 1.165) is 10.7 Å². The van der Waals surface area contributed by atoms with Gasteiger partial charge in [-0.15, -0.1) is 28.5 Å². The van der Waals surface area contributed by atoms with E-state index in [0.29, 0.717) is 23.1 Å². The van der Waals surface area contributed by atoms with E-state index in [1.54, 1.807) is 30.0 Å². The molecule has 0 spiro atoms. The van der Waals surface area contributed by atoms with Gasteiger partial charge >= 0.3 is 5.97 Å². The Morgan fingerprint density at radius 3 is 2.63 bits per heavy atom. The van der Waals surface area contributed by atoms with Crippen LogP contribution in [0.5, 0.6) is 0 Å². The Morgan fingerprint density at radius 1 is 1.10 bits per heavy atom. The number of hydrogen-bond donors (Lipinski definition) is 2. The van der Waals surface area contributed by atoms with Crippen molar-refractivity contribution in [1.82, 2.24) is 14.8 Å². The van der Waals surface area contributed by atoms with Gasteiger partial charge in [0.2, 0.25) is 5.91 Å². The number of amides is 1. The molecule has 154 valence electrons. The van der Waals surface area contributed by atoms with Gasteiger partial charge in [-0.25, -0.2) is 4.79 Å². The molecule has 9 heteroatoms. The fourth-order valence-electron chi connectivity index (χ4n) is 2.57. The van der Waals surface area contributed by atoms with Gasteiger partial charge in [0, 0.05) is 17.1 Å². The molecule has 0 atom stereocenters. The summed E-state index contributed by atoms with van der Waals surface area (Å²) in [4.78, 5) is 24.5. The number of nitrogens with zero attached hydrogens (tertiary/aromatic N) is 3. The fraction of sp³-hybridized carbons (Fsp3) is 0.143. The fourth-order valence-corrected chi connectivity index (χ4v) is 4.19. The van der Waals surface area contributed by atoms with E-state index in [4.69, 9.17) is 5.11 Å². The lowest BCUT2D eigenvalue weighted by molar-refractivity contribution is -0.113. The zero-order chi connectivity index (χ0) is 21.3. The van der Waals surface area contributed by atoms with Crippen molar-refractivity contribution in [3.63, 3.8) is 0 Å². The maximum Gasteiger partial charge on any atom is 0.335 e. The van der Waals surface area contributed by atoms with Crippen LogP contribution >= 0.6 is 23.5 Å². The normalized spacial score (nSPS) is 10.5. The van der Waals surface area contributed by atoms with Crippen LogP contribution in [0.25, 0.3) is 0 Å². The Morgan fingerprint density at radius 2 is 1.90 bits per heavy atom. The molecule has 0 unspecified atom stereocenters. The van der Waals surface area contributed by atoms with Crippen LogP contribution in [-0.4, -0.2) is 37.5 Å². The van der Waals surface area contributed by atoms with E-state index in [2.05, 4.69) is 22.1 Å². The molecule has 0 aliphatic carbocycles. The molecule has 30 heavy (non-hydrogen) atoms. The minimum atomic E-state index is -1.04. The molecule has 0 saturated carbocycles. The summed E-state index contributed by atoms with van der Waals surface area (Å²) >= 11 is 2.93. The highest BCUT2D eigenvalue weighted by Crippen LogP contribution is 2.24. The van der Waals surface area contributed by atoms with Gasteiger partial charge in [0.25, 0.3) is 0 Å². The van der Waals surface area contributed by atoms with Crippen LogP contribution < -0.4 is 5.32 Å². The first kappa shape index (κ1) is 21.7. The van der Waals surface area contributed by atoms with Crippen molar-refractivity contribution in [1.29, 1.82) is 0 Å². The quantitative estimate of drug-likeness (QED) is 0.360. The lowest BCUT2D eigenvalue weighted by Gasteiger charge is -2.08. The molecule has 1 heterocycles. The second-order valence-electron chi connectivity index (χ2n) is 6.12. The number of aromatic nitrogens is 3. The summed E-state index contributed by atoms with van der Waals surface area (Å²) in [6.07, 6.45) is 1.77. The van der Waals surface area contributed by atoms with Crippen molar-refractivity contribution < 1.29 is 14.7 Å². The van der Waals surface area contributed by atoms with Crippen LogP contribution in [0.15, 0.2) is 77.3 Å². The molecule has 0 aliphatic heterocycles. The molecule has 1 amide bonds. The second kappa shape index (κ2) is 10.7. The topological polar surface area (TPSA) is 97.1 Å². The number of rotatable bonds is 10. The highest BCUT2D eigenvalue weighted by Gasteiger charge is 2.14. The molecular formula is C21H20N4O3S2. The zero-order valence-corrected chi connectivity index (χ0v) is 17.7. The predicted molar refractivity (Wildman–Crippen MR) is 119 cm³/mol. The number of anilines is 1. The Balaban J connectivity index is 1.61. The Bertz CT molecular complexity index is 1040. The smallest absolute Gasteiger partial charge is 0.335 e. The molecule has 2 aromatic carbocycles. The third-order valence-corrected chi connectivity index (χ3v) is 5.92. The minimum absolute atomic E-state index is 0.117. The largest absolute Gasteiger partial charge is 0.478 e. The van der Waals surface area contributed by atoms with Crippen LogP contribution in [0.3, 0.4) is 0 Å². The number of aromatic carboxylic acids is 1. The molecule has 0 radical (unpaired) electrons. The predicted octanol–water partition coefficient (Wildman–Crippen LogP) is 4.19. The zero-order valence-electron chi connectivity index (χ0n) is 16.0. The van der Waals surface area contributed by atoms with Crippen LogP contribution in [-0.2, 0) is 17.1 Å². The van der Waals surface area contributed by atoms with Crippen molar-refractivity contribution >= 4 is 41.1 Å². The molecule has 1 aromatic heterocycles. The molecule has 3 rings (SSSR count). The molecule has 7 nitrogen and oxygen atoms in total. The van der Waals surface area contributed by atoms with Gasteiger partial charge in [0.15, 0.2) is 5.16 Å². The minimum Gasteiger partial charge on any atom is -0.478 e.